The van der Waals surface area contributed by atoms with E-state index in [2.05, 4.69) is 24.5 Å². The Kier molecular flexibility index (Phi) is 8.41. The molecule has 2 amide bonds. The van der Waals surface area contributed by atoms with Crippen LogP contribution in [0.2, 0.25) is 0 Å². The largest absolute Gasteiger partial charge is 0.484 e. The van der Waals surface area contributed by atoms with Crippen molar-refractivity contribution >= 4 is 23.5 Å². The van der Waals surface area contributed by atoms with E-state index in [0.29, 0.717) is 17.4 Å². The molecule has 0 aliphatic rings. The van der Waals surface area contributed by atoms with Gasteiger partial charge in [-0.25, -0.2) is 4.79 Å². The van der Waals surface area contributed by atoms with Crippen LogP contribution in [-0.4, -0.2) is 36.5 Å². The third kappa shape index (κ3) is 7.24. The SMILES string of the molecule is CC(C)c1ccc(NC(=O)[C@@H](C)OC(=O)[C@H](C)NC(=O)COc2ccccc2)cc1. The van der Waals surface area contributed by atoms with Crippen LogP contribution in [-0.2, 0) is 19.1 Å². The van der Waals surface area contributed by atoms with E-state index in [0.717, 1.165) is 5.56 Å². The quantitative estimate of drug-likeness (QED) is 0.617. The average Bonchev–Trinajstić information content (AvgIpc) is 2.73. The Morgan fingerprint density at radius 3 is 2.13 bits per heavy atom. The van der Waals surface area contributed by atoms with Gasteiger partial charge in [0, 0.05) is 5.69 Å². The van der Waals surface area contributed by atoms with E-state index >= 15 is 0 Å². The van der Waals surface area contributed by atoms with Gasteiger partial charge in [-0.3, -0.25) is 9.59 Å². The van der Waals surface area contributed by atoms with E-state index in [1.165, 1.54) is 13.8 Å². The monoisotopic (exact) mass is 412 g/mol. The second kappa shape index (κ2) is 11.0. The molecule has 0 aromatic heterocycles. The molecule has 2 rings (SSSR count). The van der Waals surface area contributed by atoms with Gasteiger partial charge in [0.25, 0.3) is 11.8 Å². The molecule has 0 heterocycles. The lowest BCUT2D eigenvalue weighted by Gasteiger charge is -2.18. The number of amides is 2. The average molecular weight is 412 g/mol. The van der Waals surface area contributed by atoms with Crippen molar-refractivity contribution in [3.05, 3.63) is 60.2 Å². The summed E-state index contributed by atoms with van der Waals surface area (Å²) in [4.78, 5) is 36.4. The second-order valence-electron chi connectivity index (χ2n) is 7.24. The minimum atomic E-state index is -1.01. The number of carbonyl (C=O) groups excluding carboxylic acids is 3. The predicted molar refractivity (Wildman–Crippen MR) is 114 cm³/mol. The van der Waals surface area contributed by atoms with Crippen LogP contribution in [0, 0.1) is 0 Å². The Hall–Kier alpha value is -3.35. The lowest BCUT2D eigenvalue weighted by Crippen LogP contribution is -2.44. The highest BCUT2D eigenvalue weighted by atomic mass is 16.5. The maximum absolute atomic E-state index is 12.3. The fraction of sp³-hybridized carbons (Fsp3) is 0.348. The molecule has 0 aliphatic heterocycles. The fourth-order valence-electron chi connectivity index (χ4n) is 2.53. The van der Waals surface area contributed by atoms with Crippen molar-refractivity contribution in [2.45, 2.75) is 45.8 Å². The van der Waals surface area contributed by atoms with Gasteiger partial charge in [0.2, 0.25) is 0 Å². The van der Waals surface area contributed by atoms with Crippen molar-refractivity contribution in [1.29, 1.82) is 0 Å². The molecule has 30 heavy (non-hydrogen) atoms. The molecule has 0 saturated carbocycles. The molecule has 2 atom stereocenters. The molecule has 0 aliphatic carbocycles. The highest BCUT2D eigenvalue weighted by Crippen LogP contribution is 2.17. The summed E-state index contributed by atoms with van der Waals surface area (Å²) in [6.45, 7) is 6.90. The Labute approximate surface area is 176 Å². The van der Waals surface area contributed by atoms with Crippen LogP contribution in [0.4, 0.5) is 5.69 Å². The van der Waals surface area contributed by atoms with Gasteiger partial charge >= 0.3 is 5.97 Å². The van der Waals surface area contributed by atoms with Gasteiger partial charge in [0.15, 0.2) is 12.7 Å². The van der Waals surface area contributed by atoms with Crippen molar-refractivity contribution in [2.24, 2.45) is 0 Å². The zero-order valence-corrected chi connectivity index (χ0v) is 17.7. The number of hydrogen-bond donors (Lipinski definition) is 2. The van der Waals surface area contributed by atoms with Crippen molar-refractivity contribution < 1.29 is 23.9 Å². The maximum Gasteiger partial charge on any atom is 0.329 e. The lowest BCUT2D eigenvalue weighted by molar-refractivity contribution is -0.155. The fourth-order valence-corrected chi connectivity index (χ4v) is 2.53. The normalized spacial score (nSPS) is 12.6. The van der Waals surface area contributed by atoms with Crippen LogP contribution in [0.5, 0.6) is 5.75 Å². The van der Waals surface area contributed by atoms with E-state index in [1.54, 1.807) is 36.4 Å². The number of para-hydroxylation sites is 1. The Morgan fingerprint density at radius 2 is 1.53 bits per heavy atom. The smallest absolute Gasteiger partial charge is 0.329 e. The van der Waals surface area contributed by atoms with Gasteiger partial charge in [-0.1, -0.05) is 44.2 Å². The molecule has 0 radical (unpaired) electrons. The summed E-state index contributed by atoms with van der Waals surface area (Å²) in [5.74, 6) is -0.683. The van der Waals surface area contributed by atoms with Crippen LogP contribution >= 0.6 is 0 Å². The summed E-state index contributed by atoms with van der Waals surface area (Å²) in [7, 11) is 0. The van der Waals surface area contributed by atoms with E-state index in [-0.39, 0.29) is 6.61 Å². The number of rotatable bonds is 9. The number of carbonyl (C=O) groups is 3. The van der Waals surface area contributed by atoms with Crippen LogP contribution in [0.25, 0.3) is 0 Å². The molecule has 2 aromatic carbocycles. The molecule has 7 heteroatoms. The predicted octanol–water partition coefficient (Wildman–Crippen LogP) is 3.26. The van der Waals surface area contributed by atoms with E-state index in [1.807, 2.05) is 18.2 Å². The number of benzene rings is 2. The molecule has 7 nitrogen and oxygen atoms in total. The Balaban J connectivity index is 1.77. The highest BCUT2D eigenvalue weighted by molar-refractivity contribution is 5.95. The topological polar surface area (TPSA) is 93.7 Å². The minimum absolute atomic E-state index is 0.232. The summed E-state index contributed by atoms with van der Waals surface area (Å²) in [6.07, 6.45) is -1.01. The first kappa shape index (κ1) is 22.9. The van der Waals surface area contributed by atoms with Gasteiger partial charge < -0.3 is 20.1 Å². The molecule has 0 fully saturated rings. The molecule has 160 valence electrons. The maximum atomic E-state index is 12.3. The van der Waals surface area contributed by atoms with Crippen LogP contribution in [0.1, 0.15) is 39.2 Å². The minimum Gasteiger partial charge on any atom is -0.484 e. The van der Waals surface area contributed by atoms with Crippen LogP contribution < -0.4 is 15.4 Å². The first-order valence-corrected chi connectivity index (χ1v) is 9.84. The first-order valence-electron chi connectivity index (χ1n) is 9.84. The zero-order chi connectivity index (χ0) is 22.1. The Bertz CT molecular complexity index is 850. The highest BCUT2D eigenvalue weighted by Gasteiger charge is 2.23. The summed E-state index contributed by atoms with van der Waals surface area (Å²) >= 11 is 0. The second-order valence-corrected chi connectivity index (χ2v) is 7.24. The molecule has 0 saturated heterocycles. The van der Waals surface area contributed by atoms with Crippen molar-refractivity contribution in [3.63, 3.8) is 0 Å². The standard InChI is InChI=1S/C23H28N2O5/c1-15(2)18-10-12-19(13-11-18)25-22(27)17(4)30-23(28)16(3)24-21(26)14-29-20-8-6-5-7-9-20/h5-13,15-17H,14H2,1-4H3,(H,24,26)(H,25,27)/t16-,17+/m0/s1. The molecule has 0 unspecified atom stereocenters. The molecular weight excluding hydrogens is 384 g/mol. The van der Waals surface area contributed by atoms with Crippen LogP contribution in [0.15, 0.2) is 54.6 Å². The van der Waals surface area contributed by atoms with Gasteiger partial charge in [-0.05, 0) is 49.6 Å². The van der Waals surface area contributed by atoms with Crippen molar-refractivity contribution in [3.8, 4) is 5.75 Å². The summed E-state index contributed by atoms with van der Waals surface area (Å²) < 4.78 is 10.5. The van der Waals surface area contributed by atoms with Gasteiger partial charge in [0.1, 0.15) is 11.8 Å². The van der Waals surface area contributed by atoms with Gasteiger partial charge in [-0.15, -0.1) is 0 Å². The number of anilines is 1. The van der Waals surface area contributed by atoms with Crippen LogP contribution in [0.3, 0.4) is 0 Å². The first-order chi connectivity index (χ1) is 14.3. The number of ether oxygens (including phenoxy) is 2. The number of nitrogens with one attached hydrogen (secondary N) is 2. The molecule has 0 spiro atoms. The Morgan fingerprint density at radius 1 is 0.900 bits per heavy atom. The number of esters is 1. The summed E-state index contributed by atoms with van der Waals surface area (Å²) in [5, 5.41) is 5.20. The molecule has 0 bridgehead atoms. The molecule has 2 N–H and O–H groups in total. The van der Waals surface area contributed by atoms with Crippen molar-refractivity contribution in [1.82, 2.24) is 5.32 Å². The van der Waals surface area contributed by atoms with Gasteiger partial charge in [-0.2, -0.15) is 0 Å². The van der Waals surface area contributed by atoms with Crippen molar-refractivity contribution in [2.75, 3.05) is 11.9 Å². The lowest BCUT2D eigenvalue weighted by atomic mass is 10.0. The number of hydrogen-bond acceptors (Lipinski definition) is 5. The summed E-state index contributed by atoms with van der Waals surface area (Å²) in [6, 6.07) is 15.4. The van der Waals surface area contributed by atoms with E-state index < -0.39 is 29.9 Å². The van der Waals surface area contributed by atoms with E-state index in [9.17, 15) is 14.4 Å². The summed E-state index contributed by atoms with van der Waals surface area (Å²) in [5.41, 5.74) is 1.78. The molecule has 2 aromatic rings. The third-order valence-corrected chi connectivity index (χ3v) is 4.35. The molecular formula is C23H28N2O5. The third-order valence-electron chi connectivity index (χ3n) is 4.35. The van der Waals surface area contributed by atoms with E-state index in [4.69, 9.17) is 9.47 Å². The zero-order valence-electron chi connectivity index (χ0n) is 17.7. The van der Waals surface area contributed by atoms with Gasteiger partial charge in [0.05, 0.1) is 0 Å².